The molecule has 3 aliphatic heterocycles. The molecule has 220 valence electrons. The normalized spacial score (nSPS) is 20.6. The van der Waals surface area contributed by atoms with Crippen molar-refractivity contribution in [3.8, 4) is 11.5 Å². The molecule has 4 rings (SSSR count). The first-order valence-electron chi connectivity index (χ1n) is 13.0. The van der Waals surface area contributed by atoms with E-state index < -0.39 is 54.1 Å². The highest BCUT2D eigenvalue weighted by molar-refractivity contribution is 6.13. The average Bonchev–Trinajstić information content (AvgIpc) is 3.26. The van der Waals surface area contributed by atoms with Gasteiger partial charge in [0.05, 0.1) is 57.5 Å². The maximum absolute atomic E-state index is 14.4. The molecule has 1 aromatic carbocycles. The zero-order valence-electron chi connectivity index (χ0n) is 23.8. The second-order valence-electron chi connectivity index (χ2n) is 9.41. The molecule has 2 amide bonds. The van der Waals surface area contributed by atoms with Crippen molar-refractivity contribution in [3.63, 3.8) is 0 Å². The fraction of sp³-hybridized carbons (Fsp3) is 0.464. The molecule has 3 aliphatic rings. The Bertz CT molecular complexity index is 1360. The summed E-state index contributed by atoms with van der Waals surface area (Å²) in [6, 6.07) is -1.25. The van der Waals surface area contributed by atoms with Gasteiger partial charge in [-0.15, -0.1) is 0 Å². The van der Waals surface area contributed by atoms with Crippen LogP contribution in [0.3, 0.4) is 0 Å². The van der Waals surface area contributed by atoms with Crippen molar-refractivity contribution in [1.29, 1.82) is 0 Å². The van der Waals surface area contributed by atoms with Crippen LogP contribution in [-0.2, 0) is 38.1 Å². The number of esters is 3. The van der Waals surface area contributed by atoms with Crippen LogP contribution in [0, 0.1) is 0 Å². The van der Waals surface area contributed by atoms with Crippen LogP contribution in [0.25, 0.3) is 6.08 Å². The Balaban J connectivity index is 2.10. The molecule has 3 heterocycles. The van der Waals surface area contributed by atoms with Gasteiger partial charge < -0.3 is 28.4 Å². The third-order valence-electron chi connectivity index (χ3n) is 6.86. The smallest absolute Gasteiger partial charge is 0.411 e. The predicted molar refractivity (Wildman–Crippen MR) is 140 cm³/mol. The van der Waals surface area contributed by atoms with Gasteiger partial charge in [-0.2, -0.15) is 0 Å². The molecular formula is C28H32N2O11. The molecule has 0 saturated carbocycles. The number of hydrogen-bond donors (Lipinski definition) is 0. The molecule has 2 bridgehead atoms. The third-order valence-corrected chi connectivity index (χ3v) is 6.86. The van der Waals surface area contributed by atoms with Crippen molar-refractivity contribution in [1.82, 2.24) is 9.80 Å². The molecule has 13 heteroatoms. The summed E-state index contributed by atoms with van der Waals surface area (Å²) in [5, 5.41) is 0. The predicted octanol–water partition coefficient (Wildman–Crippen LogP) is 2.14. The maximum Gasteiger partial charge on any atom is 0.411 e. The van der Waals surface area contributed by atoms with Crippen molar-refractivity contribution >= 4 is 36.0 Å². The van der Waals surface area contributed by atoms with Crippen LogP contribution in [0.1, 0.15) is 44.9 Å². The number of benzene rings is 1. The lowest BCUT2D eigenvalue weighted by molar-refractivity contribution is -0.155. The lowest BCUT2D eigenvalue weighted by atomic mass is 9.87. The zero-order valence-corrected chi connectivity index (χ0v) is 23.8. The summed E-state index contributed by atoms with van der Waals surface area (Å²) in [6.07, 6.45) is -0.0406. The second kappa shape index (κ2) is 11.5. The van der Waals surface area contributed by atoms with Crippen LogP contribution < -0.4 is 9.47 Å². The zero-order chi connectivity index (χ0) is 30.2. The average molecular weight is 573 g/mol. The topological polar surface area (TPSA) is 147 Å². The number of carbonyl (C=O) groups excluding carboxylic acids is 5. The molecular weight excluding hydrogens is 540 g/mol. The highest BCUT2D eigenvalue weighted by atomic mass is 16.6. The van der Waals surface area contributed by atoms with Gasteiger partial charge >= 0.3 is 24.0 Å². The number of rotatable bonds is 8. The molecule has 41 heavy (non-hydrogen) atoms. The summed E-state index contributed by atoms with van der Waals surface area (Å²) in [5.41, 5.74) is 0.00667. The van der Waals surface area contributed by atoms with E-state index >= 15 is 0 Å². The summed E-state index contributed by atoms with van der Waals surface area (Å²) < 4.78 is 32.1. The number of methoxy groups -OCH3 is 3. The number of fused-ring (bicyclic) bond motifs is 5. The number of nitrogens with zero attached hydrogens (tertiary/aromatic N) is 2. The molecule has 0 aliphatic carbocycles. The van der Waals surface area contributed by atoms with Gasteiger partial charge in [-0.1, -0.05) is 0 Å². The Labute approximate surface area is 236 Å². The van der Waals surface area contributed by atoms with Gasteiger partial charge in [0.15, 0.2) is 6.04 Å². The van der Waals surface area contributed by atoms with Gasteiger partial charge in [-0.05, 0) is 45.9 Å². The minimum absolute atomic E-state index is 0.0313. The van der Waals surface area contributed by atoms with E-state index in [9.17, 15) is 24.0 Å². The van der Waals surface area contributed by atoms with E-state index in [1.54, 1.807) is 39.8 Å². The van der Waals surface area contributed by atoms with E-state index in [2.05, 4.69) is 0 Å². The molecule has 0 unspecified atom stereocenters. The van der Waals surface area contributed by atoms with Crippen LogP contribution in [0.15, 0.2) is 29.0 Å². The molecule has 1 fully saturated rings. The Hall–Kier alpha value is -4.55. The number of amides is 2. The lowest BCUT2D eigenvalue weighted by Crippen LogP contribution is -2.62. The highest BCUT2D eigenvalue weighted by Crippen LogP contribution is 2.52. The van der Waals surface area contributed by atoms with Crippen molar-refractivity contribution in [2.24, 2.45) is 0 Å². The van der Waals surface area contributed by atoms with Gasteiger partial charge in [-0.3, -0.25) is 14.6 Å². The van der Waals surface area contributed by atoms with E-state index in [4.69, 9.17) is 28.4 Å². The quantitative estimate of drug-likeness (QED) is 0.333. The lowest BCUT2D eigenvalue weighted by Gasteiger charge is -2.47. The minimum atomic E-state index is -1.66. The van der Waals surface area contributed by atoms with Gasteiger partial charge in [0.1, 0.15) is 23.6 Å². The van der Waals surface area contributed by atoms with Gasteiger partial charge in [0.2, 0.25) is 0 Å². The summed E-state index contributed by atoms with van der Waals surface area (Å²) >= 11 is 0. The SMILES string of the molecule is CCOC(=O)C1=C(C(=O)OCC)[C@@H]2C(=O)N3C(=Cc4c(OC)ccc(OC)c4[C@@H]3C(=O)OC)[C@H]1N2C(=O)OC(C)C. The van der Waals surface area contributed by atoms with E-state index in [1.807, 2.05) is 0 Å². The Morgan fingerprint density at radius 2 is 1.44 bits per heavy atom. The molecule has 1 aromatic rings. The van der Waals surface area contributed by atoms with Crippen molar-refractivity contribution < 1.29 is 52.4 Å². The van der Waals surface area contributed by atoms with Gasteiger partial charge in [0.25, 0.3) is 5.91 Å². The first kappa shape index (κ1) is 29.4. The molecule has 0 aromatic heterocycles. The third kappa shape index (κ3) is 4.64. The molecule has 1 saturated heterocycles. The summed E-state index contributed by atoms with van der Waals surface area (Å²) in [7, 11) is 3.99. The first-order chi connectivity index (χ1) is 19.6. The number of hydrogen-bond acceptors (Lipinski definition) is 11. The molecule has 13 nitrogen and oxygen atoms in total. The van der Waals surface area contributed by atoms with Gasteiger partial charge in [0, 0.05) is 11.1 Å². The summed E-state index contributed by atoms with van der Waals surface area (Å²) in [6.45, 7) is 6.24. The van der Waals surface area contributed by atoms with Crippen LogP contribution in [0.4, 0.5) is 4.79 Å². The standard InChI is InChI=1S/C28H32N2O11/c1-8-39-25(32)19-20(26(33)40-9-2)22-24(31)29-15(21(19)30(22)28(35)41-13(3)4)12-14-16(36-5)10-11-17(37-6)18(14)23(29)27(34)38-7/h10-13,21-23H,8-9H2,1-7H3/t21-,22-,23-/m1/s1. The fourth-order valence-corrected chi connectivity index (χ4v) is 5.40. The van der Waals surface area contributed by atoms with Crippen LogP contribution in [0.2, 0.25) is 0 Å². The van der Waals surface area contributed by atoms with E-state index in [0.717, 1.165) is 16.9 Å². The van der Waals surface area contributed by atoms with Crippen LogP contribution >= 0.6 is 0 Å². The minimum Gasteiger partial charge on any atom is -0.496 e. The number of ether oxygens (including phenoxy) is 6. The van der Waals surface area contributed by atoms with Crippen LogP contribution in [-0.4, -0.2) is 92.4 Å². The van der Waals surface area contributed by atoms with E-state index in [0.29, 0.717) is 11.3 Å². The molecule has 0 N–H and O–H groups in total. The molecule has 0 spiro atoms. The van der Waals surface area contributed by atoms with Crippen molar-refractivity contribution in [3.05, 3.63) is 40.1 Å². The Morgan fingerprint density at radius 3 is 1.95 bits per heavy atom. The van der Waals surface area contributed by atoms with E-state index in [1.165, 1.54) is 20.3 Å². The van der Waals surface area contributed by atoms with Gasteiger partial charge in [-0.25, -0.2) is 19.2 Å². The van der Waals surface area contributed by atoms with Crippen LogP contribution in [0.5, 0.6) is 11.5 Å². The summed E-state index contributed by atoms with van der Waals surface area (Å²) in [5.74, 6) is -3.03. The Kier molecular flexibility index (Phi) is 8.27. The number of carbonyl (C=O) groups is 5. The molecule has 3 atom stereocenters. The van der Waals surface area contributed by atoms with Crippen molar-refractivity contribution in [2.45, 2.75) is 51.9 Å². The molecule has 0 radical (unpaired) electrons. The van der Waals surface area contributed by atoms with E-state index in [-0.39, 0.29) is 41.4 Å². The largest absolute Gasteiger partial charge is 0.496 e. The van der Waals surface area contributed by atoms with Crippen molar-refractivity contribution in [2.75, 3.05) is 34.5 Å². The highest BCUT2D eigenvalue weighted by Gasteiger charge is 2.63. The number of piperazine rings is 1. The first-order valence-corrected chi connectivity index (χ1v) is 13.0. The monoisotopic (exact) mass is 572 g/mol. The second-order valence-corrected chi connectivity index (χ2v) is 9.41. The fourth-order valence-electron chi connectivity index (χ4n) is 5.40. The Morgan fingerprint density at radius 1 is 0.878 bits per heavy atom. The maximum atomic E-state index is 14.4. The summed E-state index contributed by atoms with van der Waals surface area (Å²) in [4.78, 5) is 70.3.